The van der Waals surface area contributed by atoms with Gasteiger partial charge in [0.1, 0.15) is 5.82 Å². The Balaban J connectivity index is 1.77. The lowest BCUT2D eigenvalue weighted by Crippen LogP contribution is -2.37. The number of hydrogen-bond acceptors (Lipinski definition) is 5. The van der Waals surface area contributed by atoms with E-state index in [4.69, 9.17) is 4.42 Å². The van der Waals surface area contributed by atoms with Crippen LogP contribution in [0.5, 0.6) is 0 Å². The molecule has 0 aliphatic rings. The van der Waals surface area contributed by atoms with Crippen LogP contribution >= 0.6 is 0 Å². The van der Waals surface area contributed by atoms with E-state index in [-0.39, 0.29) is 18.1 Å². The molecule has 3 N–H and O–H groups in total. The van der Waals surface area contributed by atoms with E-state index in [2.05, 4.69) is 27.7 Å². The molecule has 7 nitrogen and oxygen atoms in total. The van der Waals surface area contributed by atoms with Gasteiger partial charge < -0.3 is 15.2 Å². The molecule has 0 aromatic carbocycles. The summed E-state index contributed by atoms with van der Waals surface area (Å²) in [6, 6.07) is 8.45. The Kier molecular flexibility index (Phi) is 4.92. The zero-order valence-electron chi connectivity index (χ0n) is 12.1. The molecule has 0 aliphatic carbocycles. The largest absolute Gasteiger partial charge is 0.459 e. The Morgan fingerprint density at radius 1 is 1.23 bits per heavy atom. The number of nitrogens with one attached hydrogen (secondary N) is 3. The van der Waals surface area contributed by atoms with E-state index >= 15 is 0 Å². The number of nitrogens with zero attached hydrogens (tertiary/aromatic N) is 1. The van der Waals surface area contributed by atoms with E-state index in [1.165, 1.54) is 12.3 Å². The van der Waals surface area contributed by atoms with Gasteiger partial charge in [0.05, 0.1) is 12.7 Å². The summed E-state index contributed by atoms with van der Waals surface area (Å²) in [7, 11) is 0. The second-order valence-electron chi connectivity index (χ2n) is 4.55. The summed E-state index contributed by atoms with van der Waals surface area (Å²) in [4.78, 5) is 27.6. The highest BCUT2D eigenvalue weighted by atomic mass is 16.3. The van der Waals surface area contributed by atoms with Crippen molar-refractivity contribution in [3.05, 3.63) is 60.3 Å². The van der Waals surface area contributed by atoms with Gasteiger partial charge in [-0.2, -0.15) is 0 Å². The van der Waals surface area contributed by atoms with Crippen LogP contribution in [0.1, 0.15) is 22.7 Å². The summed E-state index contributed by atoms with van der Waals surface area (Å²) in [6.45, 7) is 5.50. The predicted octanol–water partition coefficient (Wildman–Crippen LogP) is 1.76. The number of carbonyl (C=O) groups is 2. The van der Waals surface area contributed by atoms with E-state index < -0.39 is 5.91 Å². The molecular weight excluding hydrogens is 284 g/mol. The molecule has 0 fully saturated rings. The lowest BCUT2D eigenvalue weighted by Gasteiger charge is -2.10. The van der Waals surface area contributed by atoms with Crippen LogP contribution in [0.15, 0.2) is 53.3 Å². The van der Waals surface area contributed by atoms with Crippen LogP contribution < -0.4 is 16.2 Å². The van der Waals surface area contributed by atoms with Gasteiger partial charge in [0.25, 0.3) is 0 Å². The number of aromatic nitrogens is 1. The number of hydrogen-bond donors (Lipinski definition) is 3. The average Bonchev–Trinajstić information content (AvgIpc) is 2.98. The Morgan fingerprint density at radius 2 is 2.05 bits per heavy atom. The molecule has 0 bridgehead atoms. The van der Waals surface area contributed by atoms with E-state index in [1.54, 1.807) is 18.2 Å². The second kappa shape index (κ2) is 7.07. The van der Waals surface area contributed by atoms with Crippen LogP contribution in [-0.4, -0.2) is 16.8 Å². The van der Waals surface area contributed by atoms with Gasteiger partial charge in [-0.25, -0.2) is 4.98 Å². The zero-order chi connectivity index (χ0) is 15.9. The van der Waals surface area contributed by atoms with E-state index in [1.807, 2.05) is 13.0 Å². The first-order valence-electron chi connectivity index (χ1n) is 6.56. The number of aryl methyl sites for hydroxylation is 1. The fraction of sp³-hybridized carbons (Fsp3) is 0.133. The SMILES string of the molecule is C=C(CC(=O)Nc1cccc(C)n1)NNC(=O)c1ccco1. The van der Waals surface area contributed by atoms with Crippen LogP contribution in [0.25, 0.3) is 0 Å². The van der Waals surface area contributed by atoms with Gasteiger partial charge in [-0.05, 0) is 31.2 Å². The van der Waals surface area contributed by atoms with Crippen LogP contribution in [-0.2, 0) is 4.79 Å². The second-order valence-corrected chi connectivity index (χ2v) is 4.55. The van der Waals surface area contributed by atoms with E-state index in [0.29, 0.717) is 11.5 Å². The molecule has 2 aromatic rings. The highest BCUT2D eigenvalue weighted by Gasteiger charge is 2.09. The molecule has 114 valence electrons. The number of hydrazine groups is 1. The van der Waals surface area contributed by atoms with Gasteiger partial charge in [0, 0.05) is 11.4 Å². The fourth-order valence-electron chi connectivity index (χ4n) is 1.65. The first kappa shape index (κ1) is 15.3. The summed E-state index contributed by atoms with van der Waals surface area (Å²) in [5.74, 6) is -0.110. The van der Waals surface area contributed by atoms with Crippen molar-refractivity contribution >= 4 is 17.6 Å². The maximum atomic E-state index is 11.8. The van der Waals surface area contributed by atoms with Gasteiger partial charge in [-0.1, -0.05) is 12.6 Å². The molecule has 22 heavy (non-hydrogen) atoms. The van der Waals surface area contributed by atoms with Crippen molar-refractivity contribution in [3.63, 3.8) is 0 Å². The molecule has 7 heteroatoms. The number of rotatable bonds is 6. The molecule has 2 aromatic heterocycles. The van der Waals surface area contributed by atoms with Crippen molar-refractivity contribution in [2.45, 2.75) is 13.3 Å². The maximum absolute atomic E-state index is 11.8. The minimum atomic E-state index is -0.452. The molecule has 0 unspecified atom stereocenters. The van der Waals surface area contributed by atoms with Crippen molar-refractivity contribution in [2.75, 3.05) is 5.32 Å². The van der Waals surface area contributed by atoms with Crippen LogP contribution in [0.3, 0.4) is 0 Å². The lowest BCUT2D eigenvalue weighted by molar-refractivity contribution is -0.115. The molecule has 0 aliphatic heterocycles. The molecule has 2 amide bonds. The molecular formula is C15H16N4O3. The van der Waals surface area contributed by atoms with E-state index in [9.17, 15) is 9.59 Å². The van der Waals surface area contributed by atoms with Crippen molar-refractivity contribution < 1.29 is 14.0 Å². The maximum Gasteiger partial charge on any atom is 0.305 e. The van der Waals surface area contributed by atoms with Gasteiger partial charge in [0.15, 0.2) is 5.76 Å². The lowest BCUT2D eigenvalue weighted by atomic mass is 10.3. The highest BCUT2D eigenvalue weighted by Crippen LogP contribution is 2.05. The number of furan rings is 1. The van der Waals surface area contributed by atoms with Crippen LogP contribution in [0.4, 0.5) is 5.82 Å². The molecule has 0 saturated heterocycles. The zero-order valence-corrected chi connectivity index (χ0v) is 12.1. The molecule has 0 atom stereocenters. The minimum absolute atomic E-state index is 0.00590. The third-order valence-corrected chi connectivity index (χ3v) is 2.63. The van der Waals surface area contributed by atoms with Gasteiger partial charge in [-0.3, -0.25) is 15.0 Å². The molecule has 0 radical (unpaired) electrons. The van der Waals surface area contributed by atoms with Gasteiger partial charge in [-0.15, -0.1) is 0 Å². The van der Waals surface area contributed by atoms with Crippen LogP contribution in [0.2, 0.25) is 0 Å². The van der Waals surface area contributed by atoms with Crippen molar-refractivity contribution in [3.8, 4) is 0 Å². The quantitative estimate of drug-likeness (QED) is 0.706. The third kappa shape index (κ3) is 4.48. The van der Waals surface area contributed by atoms with E-state index in [0.717, 1.165) is 5.69 Å². The van der Waals surface area contributed by atoms with Crippen molar-refractivity contribution in [2.24, 2.45) is 0 Å². The normalized spacial score (nSPS) is 9.86. The predicted molar refractivity (Wildman–Crippen MR) is 80.7 cm³/mol. The van der Waals surface area contributed by atoms with Crippen LogP contribution in [0, 0.1) is 6.92 Å². The Labute approximate surface area is 127 Å². The Bertz CT molecular complexity index is 680. The first-order chi connectivity index (χ1) is 10.5. The van der Waals surface area contributed by atoms with Gasteiger partial charge in [0.2, 0.25) is 5.91 Å². The summed E-state index contributed by atoms with van der Waals surface area (Å²) < 4.78 is 4.93. The Morgan fingerprint density at radius 3 is 2.73 bits per heavy atom. The Hall–Kier alpha value is -3.09. The number of pyridine rings is 1. The summed E-state index contributed by atoms with van der Waals surface area (Å²) in [5, 5.41) is 2.65. The van der Waals surface area contributed by atoms with Gasteiger partial charge >= 0.3 is 5.91 Å². The topological polar surface area (TPSA) is 96.3 Å². The minimum Gasteiger partial charge on any atom is -0.459 e. The third-order valence-electron chi connectivity index (χ3n) is 2.63. The standard InChI is InChI=1S/C15H16N4O3/c1-10-5-3-7-13(16-10)17-14(20)9-11(2)18-19-15(21)12-6-4-8-22-12/h3-8,18H,2,9H2,1H3,(H,19,21)(H,16,17,20). The molecule has 2 rings (SSSR count). The molecule has 2 heterocycles. The smallest absolute Gasteiger partial charge is 0.305 e. The summed E-state index contributed by atoms with van der Waals surface area (Å²) in [6.07, 6.45) is 1.39. The highest BCUT2D eigenvalue weighted by molar-refractivity contribution is 5.92. The number of anilines is 1. The monoisotopic (exact) mass is 300 g/mol. The fourth-order valence-corrected chi connectivity index (χ4v) is 1.65. The molecule has 0 saturated carbocycles. The summed E-state index contributed by atoms with van der Waals surface area (Å²) in [5.41, 5.74) is 6.09. The van der Waals surface area contributed by atoms with Crippen molar-refractivity contribution in [1.82, 2.24) is 15.8 Å². The average molecular weight is 300 g/mol. The molecule has 0 spiro atoms. The first-order valence-corrected chi connectivity index (χ1v) is 6.56. The van der Waals surface area contributed by atoms with Crippen molar-refractivity contribution in [1.29, 1.82) is 0 Å². The summed E-state index contributed by atoms with van der Waals surface area (Å²) >= 11 is 0. The number of carbonyl (C=O) groups excluding carboxylic acids is 2. The number of amides is 2.